The molecule has 118 valence electrons. The zero-order valence-corrected chi connectivity index (χ0v) is 12.3. The van der Waals surface area contributed by atoms with Crippen LogP contribution in [0.2, 0.25) is 0 Å². The Hall–Kier alpha value is -1.40. The van der Waals surface area contributed by atoms with Crippen molar-refractivity contribution in [3.05, 3.63) is 23.8 Å². The van der Waals surface area contributed by atoms with Crippen molar-refractivity contribution in [1.82, 2.24) is 10.4 Å². The largest absolute Gasteiger partial charge is 0.490 e. The Morgan fingerprint density at radius 1 is 1.19 bits per heavy atom. The molecule has 1 aliphatic heterocycles. The van der Waals surface area contributed by atoms with Gasteiger partial charge in [0, 0.05) is 19.6 Å². The molecule has 0 aromatic heterocycles. The van der Waals surface area contributed by atoms with Gasteiger partial charge in [-0.25, -0.2) is 5.01 Å². The second kappa shape index (κ2) is 8.14. The number of hydrogen-bond donors (Lipinski definition) is 1. The van der Waals surface area contributed by atoms with Gasteiger partial charge in [0.1, 0.15) is 0 Å². The van der Waals surface area contributed by atoms with Crippen LogP contribution >= 0.6 is 0 Å². The maximum absolute atomic E-state index is 12.3. The summed E-state index contributed by atoms with van der Waals surface area (Å²) in [6.45, 7) is 2.11. The van der Waals surface area contributed by atoms with Gasteiger partial charge in [-0.1, -0.05) is 12.5 Å². The number of nitrogens with one attached hydrogen (secondary N) is 1. The molecule has 0 radical (unpaired) electrons. The Kier molecular flexibility index (Phi) is 6.20. The standard InChI is InChI=1S/C15H22F2N2O2/c1-2-20-14-10-12(6-7-13(14)21-15(16)17)11-18-19-8-4-3-5-9-19/h6-7,10,15,18H,2-5,8-9,11H2,1H3. The summed E-state index contributed by atoms with van der Waals surface area (Å²) in [6.07, 6.45) is 3.70. The van der Waals surface area contributed by atoms with Crippen molar-refractivity contribution in [2.75, 3.05) is 19.7 Å². The Morgan fingerprint density at radius 3 is 2.62 bits per heavy atom. The predicted molar refractivity (Wildman–Crippen MR) is 76.5 cm³/mol. The minimum absolute atomic E-state index is 0.0774. The van der Waals surface area contributed by atoms with Crippen LogP contribution in [0.25, 0.3) is 0 Å². The minimum Gasteiger partial charge on any atom is -0.490 e. The molecule has 1 N–H and O–H groups in total. The second-order valence-electron chi connectivity index (χ2n) is 4.98. The predicted octanol–water partition coefficient (Wildman–Crippen LogP) is 3.18. The van der Waals surface area contributed by atoms with Crippen LogP contribution in [-0.4, -0.2) is 31.3 Å². The van der Waals surface area contributed by atoms with Gasteiger partial charge < -0.3 is 9.47 Å². The van der Waals surface area contributed by atoms with E-state index in [4.69, 9.17) is 4.74 Å². The quantitative estimate of drug-likeness (QED) is 0.838. The number of benzene rings is 1. The van der Waals surface area contributed by atoms with Crippen LogP contribution in [0.1, 0.15) is 31.7 Å². The van der Waals surface area contributed by atoms with Crippen LogP contribution in [0.5, 0.6) is 11.5 Å². The molecule has 0 atom stereocenters. The summed E-state index contributed by atoms with van der Waals surface area (Å²) in [5, 5.41) is 2.20. The fourth-order valence-electron chi connectivity index (χ4n) is 2.38. The molecule has 1 heterocycles. The summed E-state index contributed by atoms with van der Waals surface area (Å²) in [6, 6.07) is 5.06. The van der Waals surface area contributed by atoms with Crippen LogP contribution in [0.3, 0.4) is 0 Å². The van der Waals surface area contributed by atoms with E-state index in [1.807, 2.05) is 6.92 Å². The molecule has 21 heavy (non-hydrogen) atoms. The highest BCUT2D eigenvalue weighted by molar-refractivity contribution is 5.43. The maximum atomic E-state index is 12.3. The van der Waals surface area contributed by atoms with Crippen molar-refractivity contribution in [3.63, 3.8) is 0 Å². The highest BCUT2D eigenvalue weighted by Gasteiger charge is 2.13. The van der Waals surface area contributed by atoms with Gasteiger partial charge in [0.15, 0.2) is 11.5 Å². The average Bonchev–Trinajstić information content (AvgIpc) is 2.48. The van der Waals surface area contributed by atoms with Crippen LogP contribution < -0.4 is 14.9 Å². The zero-order valence-electron chi connectivity index (χ0n) is 12.3. The van der Waals surface area contributed by atoms with Crippen LogP contribution in [0.15, 0.2) is 18.2 Å². The third-order valence-electron chi connectivity index (χ3n) is 3.39. The molecule has 0 aliphatic carbocycles. The third-order valence-corrected chi connectivity index (χ3v) is 3.39. The summed E-state index contributed by atoms with van der Waals surface area (Å²) in [7, 11) is 0. The van der Waals surface area contributed by atoms with E-state index >= 15 is 0 Å². The molecule has 1 saturated heterocycles. The van der Waals surface area contributed by atoms with Gasteiger partial charge in [0.25, 0.3) is 0 Å². The number of piperidine rings is 1. The highest BCUT2D eigenvalue weighted by atomic mass is 19.3. The van der Waals surface area contributed by atoms with Gasteiger partial charge in [0.2, 0.25) is 0 Å². The first-order valence-corrected chi connectivity index (χ1v) is 7.38. The fraction of sp³-hybridized carbons (Fsp3) is 0.600. The van der Waals surface area contributed by atoms with E-state index in [9.17, 15) is 8.78 Å². The molecule has 2 rings (SSSR count). The van der Waals surface area contributed by atoms with Crippen molar-refractivity contribution in [1.29, 1.82) is 0 Å². The second-order valence-corrected chi connectivity index (χ2v) is 4.98. The summed E-state index contributed by atoms with van der Waals surface area (Å²) in [5.41, 5.74) is 4.33. The van der Waals surface area contributed by atoms with E-state index in [2.05, 4.69) is 15.2 Å². The lowest BCUT2D eigenvalue weighted by molar-refractivity contribution is -0.0514. The normalized spacial score (nSPS) is 16.2. The molecule has 1 aliphatic rings. The molecule has 1 aromatic rings. The maximum Gasteiger partial charge on any atom is 0.387 e. The minimum atomic E-state index is -2.85. The average molecular weight is 300 g/mol. The van der Waals surface area contributed by atoms with Gasteiger partial charge in [-0.15, -0.1) is 0 Å². The molecule has 0 spiro atoms. The van der Waals surface area contributed by atoms with E-state index in [0.29, 0.717) is 18.9 Å². The summed E-state index contributed by atoms with van der Waals surface area (Å²) in [4.78, 5) is 0. The molecule has 4 nitrogen and oxygen atoms in total. The van der Waals surface area contributed by atoms with E-state index in [-0.39, 0.29) is 5.75 Å². The summed E-state index contributed by atoms with van der Waals surface area (Å²) in [5.74, 6) is 0.435. The number of halogens is 2. The molecule has 0 bridgehead atoms. The lowest BCUT2D eigenvalue weighted by atomic mass is 10.1. The first-order chi connectivity index (χ1) is 10.2. The SMILES string of the molecule is CCOc1cc(CNN2CCCCC2)ccc1OC(F)F. The first-order valence-electron chi connectivity index (χ1n) is 7.38. The highest BCUT2D eigenvalue weighted by Crippen LogP contribution is 2.29. The van der Waals surface area contributed by atoms with Gasteiger partial charge in [-0.3, -0.25) is 5.43 Å². The Labute approximate surface area is 124 Å². The van der Waals surface area contributed by atoms with Crippen LogP contribution in [-0.2, 0) is 6.54 Å². The van der Waals surface area contributed by atoms with Crippen molar-refractivity contribution >= 4 is 0 Å². The van der Waals surface area contributed by atoms with E-state index < -0.39 is 6.61 Å². The number of hydrazine groups is 1. The van der Waals surface area contributed by atoms with Crippen molar-refractivity contribution in [3.8, 4) is 11.5 Å². The van der Waals surface area contributed by atoms with Gasteiger partial charge in [0.05, 0.1) is 6.61 Å². The molecule has 1 fully saturated rings. The Bertz CT molecular complexity index is 438. The molecule has 0 unspecified atom stereocenters. The lowest BCUT2D eigenvalue weighted by Crippen LogP contribution is -2.41. The first kappa shape index (κ1) is 16.0. The molecular formula is C15H22F2N2O2. The Morgan fingerprint density at radius 2 is 1.95 bits per heavy atom. The number of rotatable bonds is 7. The zero-order chi connectivity index (χ0) is 15.1. The van der Waals surface area contributed by atoms with Gasteiger partial charge in [-0.2, -0.15) is 8.78 Å². The van der Waals surface area contributed by atoms with Crippen LogP contribution in [0, 0.1) is 0 Å². The molecule has 1 aromatic carbocycles. The summed E-state index contributed by atoms with van der Waals surface area (Å²) < 4.78 is 34.5. The van der Waals surface area contributed by atoms with Crippen molar-refractivity contribution in [2.24, 2.45) is 0 Å². The van der Waals surface area contributed by atoms with Gasteiger partial charge in [-0.05, 0) is 37.5 Å². The number of hydrogen-bond acceptors (Lipinski definition) is 4. The topological polar surface area (TPSA) is 33.7 Å². The monoisotopic (exact) mass is 300 g/mol. The van der Waals surface area contributed by atoms with Crippen molar-refractivity contribution in [2.45, 2.75) is 39.3 Å². The molecule has 6 heteroatoms. The summed E-state index contributed by atoms with van der Waals surface area (Å²) >= 11 is 0. The van der Waals surface area contributed by atoms with E-state index in [1.165, 1.54) is 25.3 Å². The van der Waals surface area contributed by atoms with Crippen molar-refractivity contribution < 1.29 is 18.3 Å². The smallest absolute Gasteiger partial charge is 0.387 e. The third kappa shape index (κ3) is 5.13. The van der Waals surface area contributed by atoms with Crippen LogP contribution in [0.4, 0.5) is 8.78 Å². The van der Waals surface area contributed by atoms with E-state index in [0.717, 1.165) is 18.7 Å². The molecule has 0 amide bonds. The lowest BCUT2D eigenvalue weighted by Gasteiger charge is -2.27. The molecular weight excluding hydrogens is 278 g/mol. The number of alkyl halides is 2. The number of ether oxygens (including phenoxy) is 2. The Balaban J connectivity index is 1.97. The van der Waals surface area contributed by atoms with E-state index in [1.54, 1.807) is 12.1 Å². The van der Waals surface area contributed by atoms with Gasteiger partial charge >= 0.3 is 6.61 Å². The number of nitrogens with zero attached hydrogens (tertiary/aromatic N) is 1. The molecule has 0 saturated carbocycles. The fourth-order valence-corrected chi connectivity index (χ4v) is 2.38.